The Bertz CT molecular complexity index is 471. The Labute approximate surface area is 111 Å². The topological polar surface area (TPSA) is 41.1 Å². The van der Waals surface area contributed by atoms with Crippen molar-refractivity contribution in [1.82, 2.24) is 10.6 Å². The van der Waals surface area contributed by atoms with Crippen molar-refractivity contribution in [3.8, 4) is 0 Å². The molecule has 1 unspecified atom stereocenters. The van der Waals surface area contributed by atoms with Gasteiger partial charge in [-0.1, -0.05) is 0 Å². The molecule has 5 heteroatoms. The molecule has 1 fully saturated rings. The van der Waals surface area contributed by atoms with Gasteiger partial charge in [-0.3, -0.25) is 4.79 Å². The number of nitrogens with one attached hydrogen (secondary N) is 2. The van der Waals surface area contributed by atoms with Crippen molar-refractivity contribution in [3.63, 3.8) is 0 Å². The maximum absolute atomic E-state index is 13.5. The summed E-state index contributed by atoms with van der Waals surface area (Å²) in [6, 6.07) is 2.43. The Balaban J connectivity index is 1.90. The molecule has 0 bridgehead atoms. The number of rotatable bonds is 4. The van der Waals surface area contributed by atoms with Crippen molar-refractivity contribution >= 4 is 5.91 Å². The van der Waals surface area contributed by atoms with Gasteiger partial charge in [0.1, 0.15) is 11.6 Å². The van der Waals surface area contributed by atoms with Crippen LogP contribution in [0.1, 0.15) is 35.2 Å². The second kappa shape index (κ2) is 6.10. The molecule has 0 radical (unpaired) electrons. The van der Waals surface area contributed by atoms with Crippen molar-refractivity contribution in [1.29, 1.82) is 0 Å². The van der Waals surface area contributed by atoms with Gasteiger partial charge in [0.2, 0.25) is 0 Å². The molecule has 0 spiro atoms. The Kier molecular flexibility index (Phi) is 4.47. The summed E-state index contributed by atoms with van der Waals surface area (Å²) in [5, 5.41) is 6.00. The number of carbonyl (C=O) groups is 1. The minimum absolute atomic E-state index is 0.0988. The molecular weight excluding hydrogens is 250 g/mol. The Morgan fingerprint density at radius 1 is 1.42 bits per heavy atom. The molecule has 1 amide bonds. The quantitative estimate of drug-likeness (QED) is 0.878. The van der Waals surface area contributed by atoms with Gasteiger partial charge < -0.3 is 10.6 Å². The Hall–Kier alpha value is -1.49. The standard InChI is InChI=1S/C14H18F2N2O/c1-9-7-11(13(16)8-12(9)15)14(19)18-6-4-10-3-2-5-17-10/h7-8,10,17H,2-6H2,1H3,(H,18,19). The fraction of sp³-hybridized carbons (Fsp3) is 0.500. The summed E-state index contributed by atoms with van der Waals surface area (Å²) in [4.78, 5) is 11.8. The summed E-state index contributed by atoms with van der Waals surface area (Å²) in [6.07, 6.45) is 3.10. The van der Waals surface area contributed by atoms with Gasteiger partial charge >= 0.3 is 0 Å². The fourth-order valence-electron chi connectivity index (χ4n) is 2.29. The van der Waals surface area contributed by atoms with E-state index >= 15 is 0 Å². The molecule has 1 heterocycles. The van der Waals surface area contributed by atoms with E-state index in [0.717, 1.165) is 31.9 Å². The van der Waals surface area contributed by atoms with Gasteiger partial charge in [0.25, 0.3) is 5.91 Å². The van der Waals surface area contributed by atoms with Gasteiger partial charge in [0.15, 0.2) is 0 Å². The molecule has 0 saturated carbocycles. The second-order valence-corrected chi connectivity index (χ2v) is 4.92. The SMILES string of the molecule is Cc1cc(C(=O)NCCC2CCCN2)c(F)cc1F. The third-order valence-electron chi connectivity index (χ3n) is 3.43. The third kappa shape index (κ3) is 3.50. The maximum Gasteiger partial charge on any atom is 0.254 e. The predicted octanol–water partition coefficient (Wildman–Crippen LogP) is 2.15. The molecule has 1 aromatic rings. The van der Waals surface area contributed by atoms with Crippen LogP contribution in [0, 0.1) is 18.6 Å². The first-order valence-corrected chi connectivity index (χ1v) is 6.55. The van der Waals surface area contributed by atoms with Crippen molar-refractivity contribution < 1.29 is 13.6 Å². The van der Waals surface area contributed by atoms with Crippen LogP contribution in [-0.2, 0) is 0 Å². The number of benzene rings is 1. The van der Waals surface area contributed by atoms with Crippen molar-refractivity contribution in [3.05, 3.63) is 34.9 Å². The highest BCUT2D eigenvalue weighted by molar-refractivity contribution is 5.94. The number of aryl methyl sites for hydroxylation is 1. The van der Waals surface area contributed by atoms with E-state index in [9.17, 15) is 13.6 Å². The fourth-order valence-corrected chi connectivity index (χ4v) is 2.29. The molecule has 1 aliphatic heterocycles. The van der Waals surface area contributed by atoms with E-state index in [1.165, 1.54) is 13.0 Å². The molecule has 1 atom stereocenters. The Morgan fingerprint density at radius 2 is 2.21 bits per heavy atom. The summed E-state index contributed by atoms with van der Waals surface area (Å²) in [6.45, 7) is 3.02. The van der Waals surface area contributed by atoms with Gasteiger partial charge in [-0.05, 0) is 44.4 Å². The van der Waals surface area contributed by atoms with E-state index in [-0.39, 0.29) is 11.1 Å². The molecule has 0 aromatic heterocycles. The molecule has 1 aliphatic rings. The summed E-state index contributed by atoms with van der Waals surface area (Å²) in [5.74, 6) is -1.94. The van der Waals surface area contributed by atoms with Crippen LogP contribution in [-0.4, -0.2) is 25.0 Å². The molecule has 104 valence electrons. The maximum atomic E-state index is 13.5. The number of hydrogen-bond donors (Lipinski definition) is 2. The molecule has 0 aliphatic carbocycles. The second-order valence-electron chi connectivity index (χ2n) is 4.92. The molecule has 2 rings (SSSR count). The monoisotopic (exact) mass is 268 g/mol. The molecule has 2 N–H and O–H groups in total. The molecule has 19 heavy (non-hydrogen) atoms. The number of carbonyl (C=O) groups excluding carboxylic acids is 1. The summed E-state index contributed by atoms with van der Waals surface area (Å²) >= 11 is 0. The number of amides is 1. The average molecular weight is 268 g/mol. The van der Waals surface area contributed by atoms with E-state index in [4.69, 9.17) is 0 Å². The van der Waals surface area contributed by atoms with E-state index in [1.807, 2.05) is 0 Å². The van der Waals surface area contributed by atoms with Gasteiger partial charge in [-0.15, -0.1) is 0 Å². The smallest absolute Gasteiger partial charge is 0.254 e. The van der Waals surface area contributed by atoms with Crippen LogP contribution in [0.4, 0.5) is 8.78 Å². The van der Waals surface area contributed by atoms with Crippen molar-refractivity contribution in [2.24, 2.45) is 0 Å². The first-order valence-electron chi connectivity index (χ1n) is 6.55. The molecule has 3 nitrogen and oxygen atoms in total. The van der Waals surface area contributed by atoms with E-state index in [1.54, 1.807) is 0 Å². The van der Waals surface area contributed by atoms with E-state index < -0.39 is 17.5 Å². The minimum Gasteiger partial charge on any atom is -0.352 e. The molecular formula is C14H18F2N2O. The van der Waals surface area contributed by atoms with Crippen LogP contribution in [0.3, 0.4) is 0 Å². The Morgan fingerprint density at radius 3 is 2.89 bits per heavy atom. The van der Waals surface area contributed by atoms with Crippen molar-refractivity contribution in [2.45, 2.75) is 32.2 Å². The molecule has 1 aromatic carbocycles. The normalized spacial score (nSPS) is 18.6. The first kappa shape index (κ1) is 13.9. The first-order chi connectivity index (χ1) is 9.08. The van der Waals surface area contributed by atoms with Crippen LogP contribution in [0.15, 0.2) is 12.1 Å². The summed E-state index contributed by atoms with van der Waals surface area (Å²) < 4.78 is 26.6. The number of hydrogen-bond acceptors (Lipinski definition) is 2. The predicted molar refractivity (Wildman–Crippen MR) is 69.1 cm³/mol. The van der Waals surface area contributed by atoms with Crippen LogP contribution in [0.5, 0.6) is 0 Å². The minimum atomic E-state index is -0.820. The van der Waals surface area contributed by atoms with E-state index in [0.29, 0.717) is 12.6 Å². The lowest BCUT2D eigenvalue weighted by atomic mass is 10.1. The zero-order chi connectivity index (χ0) is 13.8. The van der Waals surface area contributed by atoms with Crippen LogP contribution in [0.2, 0.25) is 0 Å². The van der Waals surface area contributed by atoms with Gasteiger partial charge in [-0.2, -0.15) is 0 Å². The highest BCUT2D eigenvalue weighted by Gasteiger charge is 2.16. The summed E-state index contributed by atoms with van der Waals surface area (Å²) in [7, 11) is 0. The lowest BCUT2D eigenvalue weighted by molar-refractivity contribution is 0.0948. The van der Waals surface area contributed by atoms with Crippen LogP contribution >= 0.6 is 0 Å². The van der Waals surface area contributed by atoms with Crippen LogP contribution < -0.4 is 10.6 Å². The van der Waals surface area contributed by atoms with Gasteiger partial charge in [-0.25, -0.2) is 8.78 Å². The van der Waals surface area contributed by atoms with Crippen LogP contribution in [0.25, 0.3) is 0 Å². The lowest BCUT2D eigenvalue weighted by Gasteiger charge is -2.11. The molecule has 1 saturated heterocycles. The lowest BCUT2D eigenvalue weighted by Crippen LogP contribution is -2.31. The third-order valence-corrected chi connectivity index (χ3v) is 3.43. The highest BCUT2D eigenvalue weighted by atomic mass is 19.1. The summed E-state index contributed by atoms with van der Waals surface area (Å²) in [5.41, 5.74) is 0.169. The van der Waals surface area contributed by atoms with Gasteiger partial charge in [0.05, 0.1) is 5.56 Å². The zero-order valence-electron chi connectivity index (χ0n) is 10.9. The largest absolute Gasteiger partial charge is 0.352 e. The highest BCUT2D eigenvalue weighted by Crippen LogP contribution is 2.14. The van der Waals surface area contributed by atoms with Gasteiger partial charge in [0, 0.05) is 18.7 Å². The zero-order valence-corrected chi connectivity index (χ0v) is 10.9. The van der Waals surface area contributed by atoms with E-state index in [2.05, 4.69) is 10.6 Å². The average Bonchev–Trinajstić information content (AvgIpc) is 2.86. The number of halogens is 2. The van der Waals surface area contributed by atoms with Crippen molar-refractivity contribution in [2.75, 3.05) is 13.1 Å².